The Hall–Kier alpha value is -2.17. The predicted molar refractivity (Wildman–Crippen MR) is 79.4 cm³/mol. The van der Waals surface area contributed by atoms with E-state index < -0.39 is 0 Å². The molecule has 1 fully saturated rings. The number of nitrogen functional groups attached to an aromatic ring is 1. The fourth-order valence-corrected chi connectivity index (χ4v) is 2.91. The van der Waals surface area contributed by atoms with Crippen molar-refractivity contribution in [3.63, 3.8) is 0 Å². The minimum atomic E-state index is -0.242. The van der Waals surface area contributed by atoms with Crippen LogP contribution in [-0.2, 0) is 5.54 Å². The zero-order valence-electron chi connectivity index (χ0n) is 11.9. The summed E-state index contributed by atoms with van der Waals surface area (Å²) in [5.74, 6) is 2.29. The summed E-state index contributed by atoms with van der Waals surface area (Å²) < 4.78 is 0. The minimum absolute atomic E-state index is 0.242. The molecule has 0 saturated carbocycles. The van der Waals surface area contributed by atoms with E-state index in [1.807, 2.05) is 31.3 Å². The van der Waals surface area contributed by atoms with Crippen LogP contribution in [0.25, 0.3) is 0 Å². The summed E-state index contributed by atoms with van der Waals surface area (Å²) in [6, 6.07) is 7.76. The molecular formula is C15H19N5. The van der Waals surface area contributed by atoms with E-state index in [4.69, 9.17) is 5.73 Å². The lowest BCUT2D eigenvalue weighted by Crippen LogP contribution is -2.41. The van der Waals surface area contributed by atoms with Gasteiger partial charge in [-0.25, -0.2) is 15.0 Å². The lowest BCUT2D eigenvalue weighted by Gasteiger charge is -2.35. The summed E-state index contributed by atoms with van der Waals surface area (Å²) in [6.45, 7) is 5.08. The number of nitrogens with zero attached hydrogens (tertiary/aromatic N) is 4. The molecule has 5 nitrogen and oxygen atoms in total. The van der Waals surface area contributed by atoms with E-state index in [0.29, 0.717) is 5.82 Å². The van der Waals surface area contributed by atoms with Gasteiger partial charge >= 0.3 is 0 Å². The lowest BCUT2D eigenvalue weighted by atomic mass is 9.97. The van der Waals surface area contributed by atoms with E-state index in [9.17, 15) is 0 Å². The summed E-state index contributed by atoms with van der Waals surface area (Å²) >= 11 is 0. The van der Waals surface area contributed by atoms with Gasteiger partial charge in [-0.15, -0.1) is 0 Å². The van der Waals surface area contributed by atoms with Gasteiger partial charge in [-0.2, -0.15) is 0 Å². The smallest absolute Gasteiger partial charge is 0.156 e. The number of hydrogen-bond acceptors (Lipinski definition) is 5. The van der Waals surface area contributed by atoms with Crippen molar-refractivity contribution in [2.45, 2.75) is 32.2 Å². The van der Waals surface area contributed by atoms with Crippen LogP contribution in [0.3, 0.4) is 0 Å². The van der Waals surface area contributed by atoms with Gasteiger partial charge in [-0.3, -0.25) is 0 Å². The topological polar surface area (TPSA) is 67.9 Å². The van der Waals surface area contributed by atoms with Crippen LogP contribution in [0.5, 0.6) is 0 Å². The highest BCUT2D eigenvalue weighted by Crippen LogP contribution is 2.39. The summed E-state index contributed by atoms with van der Waals surface area (Å²) in [5, 5.41) is 0. The molecule has 2 aromatic heterocycles. The summed E-state index contributed by atoms with van der Waals surface area (Å²) in [5.41, 5.74) is 6.55. The highest BCUT2D eigenvalue weighted by molar-refractivity contribution is 5.45. The molecule has 1 saturated heterocycles. The van der Waals surface area contributed by atoms with Crippen molar-refractivity contribution in [2.24, 2.45) is 0 Å². The molecule has 0 radical (unpaired) electrons. The number of hydrogen-bond donors (Lipinski definition) is 1. The first kappa shape index (κ1) is 12.8. The Morgan fingerprint density at radius 2 is 2.15 bits per heavy atom. The van der Waals surface area contributed by atoms with Crippen LogP contribution < -0.4 is 10.6 Å². The quantitative estimate of drug-likeness (QED) is 0.906. The normalized spacial score (nSPS) is 22.2. The molecular weight excluding hydrogens is 250 g/mol. The Balaban J connectivity index is 2.05. The molecule has 3 heterocycles. The Kier molecular flexibility index (Phi) is 3.04. The van der Waals surface area contributed by atoms with E-state index in [1.165, 1.54) is 0 Å². The van der Waals surface area contributed by atoms with Crippen LogP contribution in [0, 0.1) is 6.92 Å². The first-order chi connectivity index (χ1) is 9.59. The number of aryl methyl sites for hydroxylation is 1. The van der Waals surface area contributed by atoms with Crippen LogP contribution in [0.1, 0.15) is 31.3 Å². The van der Waals surface area contributed by atoms with Crippen LogP contribution in [-0.4, -0.2) is 21.5 Å². The molecule has 0 bridgehead atoms. The van der Waals surface area contributed by atoms with E-state index in [1.54, 1.807) is 6.07 Å². The molecule has 0 spiro atoms. The molecule has 1 atom stereocenters. The van der Waals surface area contributed by atoms with E-state index in [-0.39, 0.29) is 5.54 Å². The molecule has 0 aliphatic carbocycles. The molecule has 2 aromatic rings. The zero-order valence-corrected chi connectivity index (χ0v) is 11.9. The van der Waals surface area contributed by atoms with Gasteiger partial charge in [0.2, 0.25) is 0 Å². The third kappa shape index (κ3) is 2.09. The van der Waals surface area contributed by atoms with Crippen LogP contribution >= 0.6 is 0 Å². The summed E-state index contributed by atoms with van der Waals surface area (Å²) in [7, 11) is 0. The van der Waals surface area contributed by atoms with E-state index in [0.717, 1.165) is 36.7 Å². The van der Waals surface area contributed by atoms with Gasteiger partial charge in [-0.05, 0) is 38.8 Å². The van der Waals surface area contributed by atoms with Crippen molar-refractivity contribution in [3.8, 4) is 0 Å². The van der Waals surface area contributed by atoms with Gasteiger partial charge < -0.3 is 10.6 Å². The number of rotatable bonds is 2. The molecule has 5 heteroatoms. The Morgan fingerprint density at radius 1 is 1.30 bits per heavy atom. The second-order valence-corrected chi connectivity index (χ2v) is 5.47. The van der Waals surface area contributed by atoms with Crippen molar-refractivity contribution in [1.29, 1.82) is 0 Å². The summed E-state index contributed by atoms with van der Waals surface area (Å²) in [6.07, 6.45) is 3.93. The Morgan fingerprint density at radius 3 is 2.85 bits per heavy atom. The van der Waals surface area contributed by atoms with Gasteiger partial charge in [0.25, 0.3) is 0 Å². The standard InChI is InChI=1S/C15H19N5/c1-11-10-12(16)19-14(18-11)15(2)7-5-9-20(15)13-6-3-4-8-17-13/h3-4,6,8,10H,5,7,9H2,1-2H3,(H2,16,18,19)/t15-/m0/s1. The van der Waals surface area contributed by atoms with Gasteiger partial charge in [0.05, 0.1) is 5.54 Å². The molecule has 2 N–H and O–H groups in total. The third-order valence-corrected chi connectivity index (χ3v) is 3.92. The molecule has 0 amide bonds. The second kappa shape index (κ2) is 4.74. The average molecular weight is 269 g/mol. The van der Waals surface area contributed by atoms with Crippen molar-refractivity contribution in [2.75, 3.05) is 17.2 Å². The van der Waals surface area contributed by atoms with Crippen molar-refractivity contribution >= 4 is 11.6 Å². The maximum absolute atomic E-state index is 5.88. The average Bonchev–Trinajstić information content (AvgIpc) is 2.82. The fraction of sp³-hybridized carbons (Fsp3) is 0.400. The fourth-order valence-electron chi connectivity index (χ4n) is 2.91. The monoisotopic (exact) mass is 269 g/mol. The van der Waals surface area contributed by atoms with Crippen molar-refractivity contribution in [1.82, 2.24) is 15.0 Å². The molecule has 0 aromatic carbocycles. The third-order valence-electron chi connectivity index (χ3n) is 3.92. The van der Waals surface area contributed by atoms with Gasteiger partial charge in [0, 0.05) is 24.5 Å². The number of anilines is 2. The molecule has 3 rings (SSSR count). The SMILES string of the molecule is Cc1cc(N)nc([C@]2(C)CCCN2c2ccccn2)n1. The molecule has 1 aliphatic heterocycles. The van der Waals surface area contributed by atoms with Crippen molar-refractivity contribution in [3.05, 3.63) is 42.0 Å². The maximum atomic E-state index is 5.88. The van der Waals surface area contributed by atoms with Gasteiger partial charge in [0.15, 0.2) is 5.82 Å². The zero-order chi connectivity index (χ0) is 14.2. The first-order valence-corrected chi connectivity index (χ1v) is 6.90. The molecule has 104 valence electrons. The maximum Gasteiger partial charge on any atom is 0.156 e. The van der Waals surface area contributed by atoms with Gasteiger partial charge in [0.1, 0.15) is 11.6 Å². The molecule has 0 unspecified atom stereocenters. The molecule has 1 aliphatic rings. The van der Waals surface area contributed by atoms with Crippen molar-refractivity contribution < 1.29 is 0 Å². The Labute approximate surface area is 118 Å². The number of pyridine rings is 1. The Bertz CT molecular complexity index is 593. The van der Waals surface area contributed by atoms with E-state index >= 15 is 0 Å². The number of nitrogens with two attached hydrogens (primary N) is 1. The number of aromatic nitrogens is 3. The second-order valence-electron chi connectivity index (χ2n) is 5.47. The van der Waals surface area contributed by atoms with Gasteiger partial charge in [-0.1, -0.05) is 6.07 Å². The predicted octanol–water partition coefficient (Wildman–Crippen LogP) is 2.28. The minimum Gasteiger partial charge on any atom is -0.384 e. The van der Waals surface area contributed by atoms with Crippen LogP contribution in [0.2, 0.25) is 0 Å². The largest absolute Gasteiger partial charge is 0.384 e. The van der Waals surface area contributed by atoms with E-state index in [2.05, 4.69) is 26.8 Å². The summed E-state index contributed by atoms with van der Waals surface area (Å²) in [4.78, 5) is 15.8. The van der Waals surface area contributed by atoms with Crippen LogP contribution in [0.4, 0.5) is 11.6 Å². The first-order valence-electron chi connectivity index (χ1n) is 6.90. The highest BCUT2D eigenvalue weighted by atomic mass is 15.3. The molecule has 20 heavy (non-hydrogen) atoms. The lowest BCUT2D eigenvalue weighted by molar-refractivity contribution is 0.457. The van der Waals surface area contributed by atoms with Crippen LogP contribution in [0.15, 0.2) is 30.5 Å². The highest BCUT2D eigenvalue weighted by Gasteiger charge is 2.41.